The first-order valence-electron chi connectivity index (χ1n) is 10.2. The van der Waals surface area contributed by atoms with E-state index in [1.54, 1.807) is 22.9 Å². The van der Waals surface area contributed by atoms with Gasteiger partial charge in [0.05, 0.1) is 0 Å². The number of hydrogen-bond acceptors (Lipinski definition) is 1. The lowest BCUT2D eigenvalue weighted by Gasteiger charge is -2.15. The van der Waals surface area contributed by atoms with Crippen molar-refractivity contribution in [1.82, 2.24) is 0 Å². The van der Waals surface area contributed by atoms with Crippen LogP contribution in [0, 0.1) is 27.7 Å². The number of benzene rings is 2. The van der Waals surface area contributed by atoms with Crippen LogP contribution in [0.3, 0.4) is 0 Å². The van der Waals surface area contributed by atoms with Gasteiger partial charge in [0.15, 0.2) is 0 Å². The molecule has 0 saturated carbocycles. The van der Waals surface area contributed by atoms with Crippen molar-refractivity contribution in [3.8, 4) is 0 Å². The van der Waals surface area contributed by atoms with E-state index in [2.05, 4.69) is 70.0 Å². The maximum absolute atomic E-state index is 4.36. The zero-order valence-electron chi connectivity index (χ0n) is 17.3. The fraction of sp³-hybridized carbons (Fsp3) is 0.385. The molecule has 0 aromatic heterocycles. The van der Waals surface area contributed by atoms with Gasteiger partial charge in [0.1, 0.15) is 0 Å². The van der Waals surface area contributed by atoms with Crippen LogP contribution in [0.25, 0.3) is 4.91 Å². The second kappa shape index (κ2) is 8.97. The Morgan fingerprint density at radius 3 is 2.52 bits per heavy atom. The molecule has 0 nitrogen and oxygen atoms in total. The lowest BCUT2D eigenvalue weighted by Crippen LogP contribution is -1.98. The van der Waals surface area contributed by atoms with Gasteiger partial charge in [0.2, 0.25) is 0 Å². The van der Waals surface area contributed by atoms with E-state index in [1.165, 1.54) is 65.5 Å². The Morgan fingerprint density at radius 2 is 1.70 bits per heavy atom. The zero-order chi connectivity index (χ0) is 19.4. The van der Waals surface area contributed by atoms with E-state index in [-0.39, 0.29) is 0 Å². The molecule has 0 atom stereocenters. The maximum atomic E-state index is 4.36. The minimum atomic E-state index is 0.983. The van der Waals surface area contributed by atoms with E-state index in [0.29, 0.717) is 0 Å². The number of thioether (sulfide) groups is 1. The Labute approximate surface area is 169 Å². The van der Waals surface area contributed by atoms with E-state index in [4.69, 9.17) is 0 Å². The molecule has 0 bridgehead atoms. The van der Waals surface area contributed by atoms with Crippen LogP contribution < -0.4 is 0 Å². The lowest BCUT2D eigenvalue weighted by atomic mass is 9.94. The highest BCUT2D eigenvalue weighted by Crippen LogP contribution is 2.34. The third kappa shape index (κ3) is 4.76. The van der Waals surface area contributed by atoms with Crippen LogP contribution in [0.5, 0.6) is 0 Å². The summed E-state index contributed by atoms with van der Waals surface area (Å²) in [6, 6.07) is 9.25. The second-order valence-electron chi connectivity index (χ2n) is 7.92. The van der Waals surface area contributed by atoms with E-state index in [1.807, 2.05) is 0 Å². The SMILES string of the molecule is C=C(S/C=C/Cc1cc(C)c(C)cc1C)c1ccc2c(c1C)CCCCC2. The molecule has 0 unspecified atom stereocenters. The third-order valence-electron chi connectivity index (χ3n) is 5.97. The smallest absolute Gasteiger partial charge is 0.0119 e. The highest BCUT2D eigenvalue weighted by molar-refractivity contribution is 8.10. The Kier molecular flexibility index (Phi) is 6.65. The van der Waals surface area contributed by atoms with Crippen LogP contribution in [0.1, 0.15) is 63.8 Å². The summed E-state index contributed by atoms with van der Waals surface area (Å²) in [5.41, 5.74) is 11.5. The second-order valence-corrected chi connectivity index (χ2v) is 8.92. The molecule has 1 aliphatic rings. The molecule has 0 radical (unpaired) electrons. The third-order valence-corrected chi connectivity index (χ3v) is 6.80. The zero-order valence-corrected chi connectivity index (χ0v) is 18.1. The van der Waals surface area contributed by atoms with Crippen LogP contribution in [-0.2, 0) is 19.3 Å². The quantitative estimate of drug-likeness (QED) is 0.483. The van der Waals surface area contributed by atoms with Gasteiger partial charge in [-0.1, -0.05) is 55.1 Å². The van der Waals surface area contributed by atoms with E-state index in [0.717, 1.165) is 11.3 Å². The molecular weight excluding hydrogens is 344 g/mol. The van der Waals surface area contributed by atoms with Crippen molar-refractivity contribution < 1.29 is 0 Å². The molecule has 0 saturated heterocycles. The molecule has 2 aromatic rings. The summed E-state index contributed by atoms with van der Waals surface area (Å²) in [5, 5.41) is 2.21. The summed E-state index contributed by atoms with van der Waals surface area (Å²) in [4.78, 5) is 1.16. The summed E-state index contributed by atoms with van der Waals surface area (Å²) in [6.45, 7) is 13.2. The Hall–Kier alpha value is -1.73. The molecule has 0 fully saturated rings. The number of allylic oxidation sites excluding steroid dienone is 1. The van der Waals surface area contributed by atoms with Gasteiger partial charge >= 0.3 is 0 Å². The van der Waals surface area contributed by atoms with Crippen molar-refractivity contribution in [2.75, 3.05) is 0 Å². The highest BCUT2D eigenvalue weighted by Gasteiger charge is 2.14. The van der Waals surface area contributed by atoms with Gasteiger partial charge in [-0.05, 0) is 110 Å². The average molecular weight is 377 g/mol. The summed E-state index contributed by atoms with van der Waals surface area (Å²) in [7, 11) is 0. The molecule has 0 amide bonds. The molecule has 142 valence electrons. The Morgan fingerprint density at radius 1 is 0.963 bits per heavy atom. The predicted molar refractivity (Wildman–Crippen MR) is 123 cm³/mol. The van der Waals surface area contributed by atoms with Gasteiger partial charge < -0.3 is 0 Å². The van der Waals surface area contributed by atoms with Gasteiger partial charge in [-0.25, -0.2) is 0 Å². The van der Waals surface area contributed by atoms with Crippen LogP contribution in [0.4, 0.5) is 0 Å². The van der Waals surface area contributed by atoms with Crippen molar-refractivity contribution in [3.05, 3.63) is 86.8 Å². The molecule has 2 aromatic carbocycles. The van der Waals surface area contributed by atoms with Crippen molar-refractivity contribution in [3.63, 3.8) is 0 Å². The van der Waals surface area contributed by atoms with Crippen molar-refractivity contribution in [2.45, 2.75) is 66.2 Å². The number of rotatable bonds is 5. The van der Waals surface area contributed by atoms with Gasteiger partial charge in [0, 0.05) is 4.91 Å². The largest absolute Gasteiger partial charge is 0.0984 e. The van der Waals surface area contributed by atoms with Crippen molar-refractivity contribution >= 4 is 16.7 Å². The first-order chi connectivity index (χ1) is 13.0. The maximum Gasteiger partial charge on any atom is 0.0119 e. The number of hydrogen-bond donors (Lipinski definition) is 0. The van der Waals surface area contributed by atoms with Gasteiger partial charge in [-0.15, -0.1) is 0 Å². The average Bonchev–Trinajstić information content (AvgIpc) is 2.89. The summed E-state index contributed by atoms with van der Waals surface area (Å²) in [5.74, 6) is 0. The first-order valence-corrected chi connectivity index (χ1v) is 11.0. The fourth-order valence-electron chi connectivity index (χ4n) is 4.10. The van der Waals surface area contributed by atoms with Crippen LogP contribution in [0.15, 0.2) is 42.3 Å². The van der Waals surface area contributed by atoms with Crippen molar-refractivity contribution in [1.29, 1.82) is 0 Å². The molecular formula is C26H32S. The van der Waals surface area contributed by atoms with Crippen molar-refractivity contribution in [2.24, 2.45) is 0 Å². The molecule has 0 aliphatic heterocycles. The van der Waals surface area contributed by atoms with Crippen LogP contribution >= 0.6 is 11.8 Å². The monoisotopic (exact) mass is 376 g/mol. The predicted octanol–water partition coefficient (Wildman–Crippen LogP) is 7.65. The number of aryl methyl sites for hydroxylation is 4. The molecule has 27 heavy (non-hydrogen) atoms. The van der Waals surface area contributed by atoms with Gasteiger partial charge in [0.25, 0.3) is 0 Å². The topological polar surface area (TPSA) is 0 Å². The molecule has 1 aliphatic carbocycles. The number of fused-ring (bicyclic) bond motifs is 1. The summed E-state index contributed by atoms with van der Waals surface area (Å²) < 4.78 is 0. The molecule has 0 heterocycles. The Bertz CT molecular complexity index is 870. The minimum Gasteiger partial charge on any atom is -0.0984 e. The first kappa shape index (κ1) is 20.0. The molecule has 0 N–H and O–H groups in total. The summed E-state index contributed by atoms with van der Waals surface area (Å²) >= 11 is 1.76. The minimum absolute atomic E-state index is 0.983. The van der Waals surface area contributed by atoms with E-state index < -0.39 is 0 Å². The normalized spacial score (nSPS) is 14.2. The lowest BCUT2D eigenvalue weighted by molar-refractivity contribution is 0.711. The van der Waals surface area contributed by atoms with Gasteiger partial charge in [-0.3, -0.25) is 0 Å². The summed E-state index contributed by atoms with van der Waals surface area (Å²) in [6.07, 6.45) is 9.75. The fourth-order valence-corrected chi connectivity index (χ4v) is 4.81. The van der Waals surface area contributed by atoms with Gasteiger partial charge in [-0.2, -0.15) is 0 Å². The Balaban J connectivity index is 1.67. The molecule has 1 heteroatoms. The molecule has 3 rings (SSSR count). The molecule has 0 spiro atoms. The highest BCUT2D eigenvalue weighted by atomic mass is 32.2. The standard InChI is InChI=1S/C26H32S/c1-18-16-20(3)24(17-19(18)2)11-9-15-27-22(5)25-14-13-23-10-7-6-8-12-26(23)21(25)4/h9,13-17H,5-8,10-12H2,1-4H3/b15-9+. The van der Waals surface area contributed by atoms with Crippen LogP contribution in [0.2, 0.25) is 0 Å². The van der Waals surface area contributed by atoms with E-state index in [9.17, 15) is 0 Å². The van der Waals surface area contributed by atoms with Crippen LogP contribution in [-0.4, -0.2) is 0 Å². The van der Waals surface area contributed by atoms with E-state index >= 15 is 0 Å².